The maximum atomic E-state index is 13.3. The Labute approximate surface area is 93.8 Å². The fourth-order valence-electron chi connectivity index (χ4n) is 1.12. The van der Waals surface area contributed by atoms with Gasteiger partial charge in [0.05, 0.1) is 6.61 Å². The van der Waals surface area contributed by atoms with Crippen molar-refractivity contribution in [3.8, 4) is 5.88 Å². The van der Waals surface area contributed by atoms with Crippen LogP contribution in [0.15, 0.2) is 6.07 Å². The largest absolute Gasteiger partial charge is 0.476 e. The molecule has 0 aliphatic heterocycles. The number of anilines is 1. The molecule has 1 rings (SSSR count). The van der Waals surface area contributed by atoms with Gasteiger partial charge < -0.3 is 10.1 Å². The van der Waals surface area contributed by atoms with Gasteiger partial charge in [0.25, 0.3) is 5.88 Å². The van der Waals surface area contributed by atoms with E-state index in [-0.39, 0.29) is 11.7 Å². The van der Waals surface area contributed by atoms with Crippen molar-refractivity contribution in [3.63, 3.8) is 0 Å². The molecular weight excluding hydrogens is 214 g/mol. The molecule has 0 unspecified atom stereocenters. The van der Waals surface area contributed by atoms with Gasteiger partial charge in [-0.3, -0.25) is 0 Å². The Kier molecular flexibility index (Phi) is 4.95. The van der Waals surface area contributed by atoms with Gasteiger partial charge in [-0.05, 0) is 12.8 Å². The zero-order valence-corrected chi connectivity index (χ0v) is 9.52. The third kappa shape index (κ3) is 3.32. The van der Waals surface area contributed by atoms with Crippen molar-refractivity contribution in [2.75, 3.05) is 18.5 Å². The minimum absolute atomic E-state index is 0.0364. The van der Waals surface area contributed by atoms with Gasteiger partial charge in [-0.2, -0.15) is 4.98 Å². The van der Waals surface area contributed by atoms with Gasteiger partial charge in [0.15, 0.2) is 17.5 Å². The second-order valence-corrected chi connectivity index (χ2v) is 3.38. The number of ether oxygens (including phenoxy) is 1. The molecule has 0 amide bonds. The van der Waals surface area contributed by atoms with Crippen molar-refractivity contribution in [1.29, 1.82) is 0 Å². The summed E-state index contributed by atoms with van der Waals surface area (Å²) in [5.74, 6) is -1.58. The van der Waals surface area contributed by atoms with Crippen molar-refractivity contribution >= 4 is 5.82 Å². The van der Waals surface area contributed by atoms with Crippen molar-refractivity contribution in [3.05, 3.63) is 17.7 Å². The lowest BCUT2D eigenvalue weighted by molar-refractivity contribution is 0.287. The highest BCUT2D eigenvalue weighted by Gasteiger charge is 2.12. The summed E-state index contributed by atoms with van der Waals surface area (Å²) in [5.41, 5.74) is 0. The zero-order valence-electron chi connectivity index (χ0n) is 9.52. The molecule has 0 saturated heterocycles. The van der Waals surface area contributed by atoms with Gasteiger partial charge in [0.2, 0.25) is 0 Å². The van der Waals surface area contributed by atoms with Crippen LogP contribution in [-0.4, -0.2) is 18.1 Å². The van der Waals surface area contributed by atoms with Crippen LogP contribution in [0.3, 0.4) is 0 Å². The standard InChI is InChI=1S/C11H16F2N2O/c1-3-5-14-10-8(12)7-9(13)11(15-10)16-6-4-2/h7H,3-6H2,1-2H3,(H,14,15). The lowest BCUT2D eigenvalue weighted by Crippen LogP contribution is -2.08. The molecule has 1 N–H and O–H groups in total. The predicted molar refractivity (Wildman–Crippen MR) is 58.7 cm³/mol. The van der Waals surface area contributed by atoms with Crippen molar-refractivity contribution in [2.24, 2.45) is 0 Å². The van der Waals surface area contributed by atoms with Gasteiger partial charge >= 0.3 is 0 Å². The molecule has 16 heavy (non-hydrogen) atoms. The molecule has 0 radical (unpaired) electrons. The van der Waals surface area contributed by atoms with Crippen molar-refractivity contribution in [1.82, 2.24) is 4.98 Å². The van der Waals surface area contributed by atoms with E-state index in [1.807, 2.05) is 13.8 Å². The van der Waals surface area contributed by atoms with E-state index in [1.54, 1.807) is 0 Å². The minimum Gasteiger partial charge on any atom is -0.476 e. The summed E-state index contributed by atoms with van der Waals surface area (Å²) in [6.07, 6.45) is 1.58. The quantitative estimate of drug-likeness (QED) is 0.815. The molecule has 0 spiro atoms. The summed E-state index contributed by atoms with van der Waals surface area (Å²) in [4.78, 5) is 3.76. The highest BCUT2D eigenvalue weighted by Crippen LogP contribution is 2.20. The molecule has 1 aromatic rings. The predicted octanol–water partition coefficient (Wildman–Crippen LogP) is 2.97. The molecule has 0 aliphatic carbocycles. The number of rotatable bonds is 6. The summed E-state index contributed by atoms with van der Waals surface area (Å²) in [5, 5.41) is 2.77. The van der Waals surface area contributed by atoms with E-state index in [2.05, 4.69) is 10.3 Å². The van der Waals surface area contributed by atoms with E-state index in [0.717, 1.165) is 18.9 Å². The summed E-state index contributed by atoms with van der Waals surface area (Å²) in [7, 11) is 0. The first-order valence-electron chi connectivity index (χ1n) is 5.41. The van der Waals surface area contributed by atoms with Gasteiger partial charge in [0, 0.05) is 12.6 Å². The number of aromatic nitrogens is 1. The Morgan fingerprint density at radius 3 is 2.62 bits per heavy atom. The second kappa shape index (κ2) is 6.25. The monoisotopic (exact) mass is 230 g/mol. The zero-order chi connectivity index (χ0) is 12.0. The summed E-state index contributed by atoms with van der Waals surface area (Å²) in [6, 6.07) is 0.788. The maximum Gasteiger partial charge on any atom is 0.252 e. The number of hydrogen-bond donors (Lipinski definition) is 1. The third-order valence-corrected chi connectivity index (χ3v) is 1.88. The Bertz CT molecular complexity index is 316. The van der Waals surface area contributed by atoms with Crippen LogP contribution in [0.25, 0.3) is 0 Å². The molecule has 0 saturated carbocycles. The second-order valence-electron chi connectivity index (χ2n) is 3.38. The van der Waals surface area contributed by atoms with E-state index in [0.29, 0.717) is 13.2 Å². The van der Waals surface area contributed by atoms with E-state index in [9.17, 15) is 8.78 Å². The smallest absolute Gasteiger partial charge is 0.252 e. The van der Waals surface area contributed by atoms with Crippen molar-refractivity contribution < 1.29 is 13.5 Å². The highest BCUT2D eigenvalue weighted by atomic mass is 19.1. The van der Waals surface area contributed by atoms with Gasteiger partial charge in [0.1, 0.15) is 0 Å². The maximum absolute atomic E-state index is 13.3. The highest BCUT2D eigenvalue weighted by molar-refractivity contribution is 5.39. The first-order valence-corrected chi connectivity index (χ1v) is 5.41. The van der Waals surface area contributed by atoms with E-state index in [1.165, 1.54) is 0 Å². The third-order valence-electron chi connectivity index (χ3n) is 1.88. The number of halogens is 2. The molecule has 5 heteroatoms. The molecule has 0 fully saturated rings. The van der Waals surface area contributed by atoms with Gasteiger partial charge in [-0.15, -0.1) is 0 Å². The lowest BCUT2D eigenvalue weighted by Gasteiger charge is -2.09. The van der Waals surface area contributed by atoms with Crippen LogP contribution in [0.1, 0.15) is 26.7 Å². The van der Waals surface area contributed by atoms with Crippen LogP contribution >= 0.6 is 0 Å². The van der Waals surface area contributed by atoms with E-state index >= 15 is 0 Å². The summed E-state index contributed by atoms with van der Waals surface area (Å²) >= 11 is 0. The number of pyridine rings is 1. The molecule has 1 heterocycles. The average Bonchev–Trinajstić information content (AvgIpc) is 2.26. The molecule has 0 aliphatic rings. The minimum atomic E-state index is -0.770. The molecule has 90 valence electrons. The van der Waals surface area contributed by atoms with E-state index < -0.39 is 11.6 Å². The topological polar surface area (TPSA) is 34.2 Å². The number of hydrogen-bond acceptors (Lipinski definition) is 3. The van der Waals surface area contributed by atoms with Crippen LogP contribution in [0.4, 0.5) is 14.6 Å². The first kappa shape index (κ1) is 12.7. The average molecular weight is 230 g/mol. The summed E-state index contributed by atoms with van der Waals surface area (Å²) in [6.45, 7) is 4.80. The molecule has 0 aromatic carbocycles. The van der Waals surface area contributed by atoms with Crippen LogP contribution in [-0.2, 0) is 0 Å². The van der Waals surface area contributed by atoms with Crippen LogP contribution in [0.5, 0.6) is 5.88 Å². The normalized spacial score (nSPS) is 10.2. The van der Waals surface area contributed by atoms with E-state index in [4.69, 9.17) is 4.74 Å². The molecule has 0 atom stereocenters. The SMILES string of the molecule is CCCNc1nc(OCCC)c(F)cc1F. The fourth-order valence-corrected chi connectivity index (χ4v) is 1.12. The lowest BCUT2D eigenvalue weighted by atomic mass is 10.4. The molecule has 3 nitrogen and oxygen atoms in total. The van der Waals surface area contributed by atoms with Crippen LogP contribution in [0, 0.1) is 11.6 Å². The summed E-state index contributed by atoms with van der Waals surface area (Å²) < 4.78 is 31.5. The molecular formula is C11H16F2N2O. The number of nitrogens with zero attached hydrogens (tertiary/aromatic N) is 1. The molecule has 0 bridgehead atoms. The van der Waals surface area contributed by atoms with Crippen LogP contribution < -0.4 is 10.1 Å². The van der Waals surface area contributed by atoms with Crippen molar-refractivity contribution in [2.45, 2.75) is 26.7 Å². The fraction of sp³-hybridized carbons (Fsp3) is 0.545. The first-order chi connectivity index (χ1) is 7.69. The van der Waals surface area contributed by atoms with Crippen LogP contribution in [0.2, 0.25) is 0 Å². The number of nitrogens with one attached hydrogen (secondary N) is 1. The van der Waals surface area contributed by atoms with Gasteiger partial charge in [-0.1, -0.05) is 13.8 Å². The Hall–Kier alpha value is -1.39. The Balaban J connectivity index is 2.83. The Morgan fingerprint density at radius 2 is 2.00 bits per heavy atom. The Morgan fingerprint density at radius 1 is 1.25 bits per heavy atom. The van der Waals surface area contributed by atoms with Gasteiger partial charge in [-0.25, -0.2) is 8.78 Å². The molecule has 1 aromatic heterocycles.